The summed E-state index contributed by atoms with van der Waals surface area (Å²) in [4.78, 5) is 16.1. The zero-order valence-electron chi connectivity index (χ0n) is 11.8. The molecule has 19 heavy (non-hydrogen) atoms. The molecule has 1 rings (SSSR count). The molecule has 0 fully saturated rings. The van der Waals surface area contributed by atoms with Gasteiger partial charge in [0.05, 0.1) is 9.67 Å². The second-order valence-corrected chi connectivity index (χ2v) is 5.80. The first kappa shape index (κ1) is 16.6. The zero-order chi connectivity index (χ0) is 14.3. The van der Waals surface area contributed by atoms with Crippen LogP contribution in [0.25, 0.3) is 0 Å². The molecule has 0 spiro atoms. The Balaban J connectivity index is 2.27. The van der Waals surface area contributed by atoms with Gasteiger partial charge in [0.15, 0.2) is 0 Å². The highest BCUT2D eigenvalue weighted by Gasteiger charge is 2.04. The molecule has 1 N–H and O–H groups in total. The molecule has 0 aliphatic carbocycles. The maximum Gasteiger partial charge on any atom is 0.266 e. The zero-order valence-corrected chi connectivity index (χ0v) is 13.9. The highest BCUT2D eigenvalue weighted by Crippen LogP contribution is 1.97. The molecule has 0 bridgehead atoms. The Labute approximate surface area is 127 Å². The van der Waals surface area contributed by atoms with Crippen LogP contribution in [0.15, 0.2) is 11.0 Å². The number of hydrogen-bond donors (Lipinski definition) is 1. The topological polar surface area (TPSA) is 56.2 Å². The summed E-state index contributed by atoms with van der Waals surface area (Å²) in [5.74, 6) is 0.760. The number of nitrogens with zero attached hydrogens (tertiary/aromatic N) is 2. The van der Waals surface area contributed by atoms with Gasteiger partial charge in [0.2, 0.25) is 0 Å². The molecule has 6 heteroatoms. The quantitative estimate of drug-likeness (QED) is 0.550. The van der Waals surface area contributed by atoms with E-state index >= 15 is 0 Å². The molecule has 0 aliphatic heterocycles. The van der Waals surface area contributed by atoms with Gasteiger partial charge in [0.25, 0.3) is 5.56 Å². The molecule has 5 nitrogen and oxygen atoms in total. The fourth-order valence-electron chi connectivity index (χ4n) is 1.65. The largest absolute Gasteiger partial charge is 0.379 e. The number of aryl methyl sites for hydroxylation is 1. The molecule has 0 saturated carbocycles. The van der Waals surface area contributed by atoms with E-state index in [1.165, 1.54) is 0 Å². The molecule has 0 radical (unpaired) electrons. The molecule has 0 atom stereocenters. The van der Waals surface area contributed by atoms with E-state index in [4.69, 9.17) is 4.74 Å². The first-order valence-electron chi connectivity index (χ1n) is 6.56. The van der Waals surface area contributed by atoms with Gasteiger partial charge in [-0.1, -0.05) is 0 Å². The van der Waals surface area contributed by atoms with E-state index in [0.29, 0.717) is 16.2 Å². The first-order chi connectivity index (χ1) is 9.02. The molecule has 0 amide bonds. The van der Waals surface area contributed by atoms with Crippen molar-refractivity contribution in [3.63, 3.8) is 0 Å². The van der Waals surface area contributed by atoms with Gasteiger partial charge >= 0.3 is 0 Å². The van der Waals surface area contributed by atoms with Gasteiger partial charge in [-0.2, -0.15) is 0 Å². The van der Waals surface area contributed by atoms with Crippen molar-refractivity contribution >= 4 is 22.6 Å². The van der Waals surface area contributed by atoms with Crippen LogP contribution < -0.4 is 10.9 Å². The van der Waals surface area contributed by atoms with Crippen molar-refractivity contribution in [2.45, 2.75) is 39.8 Å². The van der Waals surface area contributed by atoms with Gasteiger partial charge in [-0.3, -0.25) is 9.36 Å². The highest BCUT2D eigenvalue weighted by molar-refractivity contribution is 14.1. The number of aromatic nitrogens is 2. The molecule has 0 aliphatic rings. The monoisotopic (exact) mass is 379 g/mol. The lowest BCUT2D eigenvalue weighted by Crippen LogP contribution is -2.31. The standard InChI is InChI=1S/C13H22IN3O2/c1-10(2)19-8-4-5-15-6-7-17-11(3)16-9-12(14)13(17)18/h9-10,15H,4-8H2,1-3H3. The van der Waals surface area contributed by atoms with E-state index in [1.807, 2.05) is 43.4 Å². The average molecular weight is 379 g/mol. The summed E-state index contributed by atoms with van der Waals surface area (Å²) < 4.78 is 7.82. The van der Waals surface area contributed by atoms with E-state index in [1.54, 1.807) is 10.8 Å². The Morgan fingerprint density at radius 2 is 2.21 bits per heavy atom. The highest BCUT2D eigenvalue weighted by atomic mass is 127. The number of nitrogens with one attached hydrogen (secondary N) is 1. The minimum atomic E-state index is 0.0399. The number of ether oxygens (including phenoxy) is 1. The summed E-state index contributed by atoms with van der Waals surface area (Å²) >= 11 is 2.02. The van der Waals surface area contributed by atoms with Crippen molar-refractivity contribution in [2.75, 3.05) is 19.7 Å². The Morgan fingerprint density at radius 1 is 1.47 bits per heavy atom. The van der Waals surface area contributed by atoms with Crippen molar-refractivity contribution in [3.05, 3.63) is 25.9 Å². The Morgan fingerprint density at radius 3 is 2.89 bits per heavy atom. The Bertz CT molecular complexity index is 446. The minimum Gasteiger partial charge on any atom is -0.379 e. The molecule has 1 aromatic heterocycles. The average Bonchev–Trinajstić information content (AvgIpc) is 2.36. The van der Waals surface area contributed by atoms with Gasteiger partial charge in [0.1, 0.15) is 5.82 Å². The van der Waals surface area contributed by atoms with Crippen molar-refractivity contribution in [2.24, 2.45) is 0 Å². The summed E-state index contributed by atoms with van der Waals surface area (Å²) in [5.41, 5.74) is 0.0399. The van der Waals surface area contributed by atoms with Crippen LogP contribution in [0.5, 0.6) is 0 Å². The molecular formula is C13H22IN3O2. The predicted octanol–water partition coefficient (Wildman–Crippen LogP) is 1.56. The third-order valence-electron chi connectivity index (χ3n) is 2.67. The Hall–Kier alpha value is -0.470. The fourth-order valence-corrected chi connectivity index (χ4v) is 2.08. The van der Waals surface area contributed by atoms with E-state index in [-0.39, 0.29) is 5.56 Å². The second kappa shape index (κ2) is 8.65. The number of hydrogen-bond acceptors (Lipinski definition) is 4. The van der Waals surface area contributed by atoms with Crippen LogP contribution in [0.1, 0.15) is 26.1 Å². The third-order valence-corrected chi connectivity index (χ3v) is 3.41. The van der Waals surface area contributed by atoms with Crippen LogP contribution in [0, 0.1) is 10.5 Å². The summed E-state index contributed by atoms with van der Waals surface area (Å²) in [6.45, 7) is 9.02. The van der Waals surface area contributed by atoms with Gasteiger partial charge in [0, 0.05) is 25.9 Å². The number of rotatable bonds is 8. The summed E-state index contributed by atoms with van der Waals surface area (Å²) in [6.07, 6.45) is 2.89. The molecule has 1 heterocycles. The lowest BCUT2D eigenvalue weighted by Gasteiger charge is -2.11. The van der Waals surface area contributed by atoms with Crippen LogP contribution in [0.4, 0.5) is 0 Å². The van der Waals surface area contributed by atoms with Crippen LogP contribution in [-0.2, 0) is 11.3 Å². The Kier molecular flexibility index (Phi) is 7.55. The predicted molar refractivity (Wildman–Crippen MR) is 84.5 cm³/mol. The maximum absolute atomic E-state index is 11.9. The van der Waals surface area contributed by atoms with E-state index < -0.39 is 0 Å². The van der Waals surface area contributed by atoms with Crippen molar-refractivity contribution in [1.29, 1.82) is 0 Å². The molecule has 1 aromatic rings. The summed E-state index contributed by atoms with van der Waals surface area (Å²) in [7, 11) is 0. The second-order valence-electron chi connectivity index (χ2n) is 4.63. The summed E-state index contributed by atoms with van der Waals surface area (Å²) in [6, 6.07) is 0. The smallest absolute Gasteiger partial charge is 0.266 e. The van der Waals surface area contributed by atoms with Crippen LogP contribution >= 0.6 is 22.6 Å². The summed E-state index contributed by atoms with van der Waals surface area (Å²) in [5, 5.41) is 3.31. The van der Waals surface area contributed by atoms with Crippen molar-refractivity contribution in [3.8, 4) is 0 Å². The van der Waals surface area contributed by atoms with E-state index in [0.717, 1.165) is 31.9 Å². The van der Waals surface area contributed by atoms with Crippen LogP contribution in [0.2, 0.25) is 0 Å². The normalized spacial score (nSPS) is 11.2. The molecule has 108 valence electrons. The van der Waals surface area contributed by atoms with Crippen molar-refractivity contribution < 1.29 is 4.74 Å². The first-order valence-corrected chi connectivity index (χ1v) is 7.64. The fraction of sp³-hybridized carbons (Fsp3) is 0.692. The van der Waals surface area contributed by atoms with Gasteiger partial charge in [-0.15, -0.1) is 0 Å². The number of halogens is 1. The lowest BCUT2D eigenvalue weighted by atomic mass is 10.4. The van der Waals surface area contributed by atoms with E-state index in [9.17, 15) is 4.79 Å². The maximum atomic E-state index is 11.9. The van der Waals surface area contributed by atoms with Crippen LogP contribution in [-0.4, -0.2) is 35.4 Å². The molecule has 0 unspecified atom stereocenters. The molecule has 0 saturated heterocycles. The third kappa shape index (κ3) is 6.01. The van der Waals surface area contributed by atoms with Crippen LogP contribution in [0.3, 0.4) is 0 Å². The minimum absolute atomic E-state index is 0.0399. The SMILES string of the molecule is Cc1ncc(I)c(=O)n1CCNCCCOC(C)C. The lowest BCUT2D eigenvalue weighted by molar-refractivity contribution is 0.0771. The van der Waals surface area contributed by atoms with Gasteiger partial charge in [-0.05, 0) is 56.3 Å². The van der Waals surface area contributed by atoms with Gasteiger partial charge in [-0.25, -0.2) is 4.98 Å². The molecule has 0 aromatic carbocycles. The van der Waals surface area contributed by atoms with Crippen molar-refractivity contribution in [1.82, 2.24) is 14.9 Å². The molecular weight excluding hydrogens is 357 g/mol. The van der Waals surface area contributed by atoms with Gasteiger partial charge < -0.3 is 10.1 Å². The van der Waals surface area contributed by atoms with E-state index in [2.05, 4.69) is 10.3 Å².